The van der Waals surface area contributed by atoms with Crippen LogP contribution in [0.3, 0.4) is 0 Å². The Morgan fingerprint density at radius 2 is 2.00 bits per heavy atom. The van der Waals surface area contributed by atoms with Gasteiger partial charge in [0, 0.05) is 25.6 Å². The summed E-state index contributed by atoms with van der Waals surface area (Å²) in [5, 5.41) is 10.2. The van der Waals surface area contributed by atoms with Crippen LogP contribution in [0.25, 0.3) is 0 Å². The molecular weight excluding hydrogens is 256 g/mol. The van der Waals surface area contributed by atoms with Gasteiger partial charge in [-0.1, -0.05) is 18.5 Å². The zero-order chi connectivity index (χ0) is 14.4. The highest BCUT2D eigenvalue weighted by molar-refractivity contribution is 5.57. The molecule has 0 fully saturated rings. The summed E-state index contributed by atoms with van der Waals surface area (Å²) in [7, 11) is 1.87. The van der Waals surface area contributed by atoms with Crippen molar-refractivity contribution in [3.63, 3.8) is 0 Å². The third-order valence-electron chi connectivity index (χ3n) is 2.88. The summed E-state index contributed by atoms with van der Waals surface area (Å²) in [6.07, 6.45) is 4.20. The minimum absolute atomic E-state index is 0.634. The van der Waals surface area contributed by atoms with Gasteiger partial charge in [0.2, 0.25) is 5.89 Å². The minimum Gasteiger partial charge on any atom is -0.373 e. The Morgan fingerprint density at radius 1 is 1.20 bits per heavy atom. The molecule has 0 amide bonds. The lowest BCUT2D eigenvalue weighted by molar-refractivity contribution is 0.377. The Labute approximate surface area is 118 Å². The standard InChI is InChI=1S/C13H20N6O/c1-4-5-10-12(14-3)16-8-17-13(10)15-7-6-11-18-9(2)19-20-11/h8H,4-7H2,1-3H3,(H2,14,15,16,17). The monoisotopic (exact) mass is 276 g/mol. The lowest BCUT2D eigenvalue weighted by atomic mass is 10.1. The fraction of sp³-hybridized carbons (Fsp3) is 0.538. The topological polar surface area (TPSA) is 88.8 Å². The van der Waals surface area contributed by atoms with Crippen molar-refractivity contribution in [2.75, 3.05) is 24.2 Å². The first-order valence-corrected chi connectivity index (χ1v) is 6.79. The van der Waals surface area contributed by atoms with Crippen LogP contribution < -0.4 is 10.6 Å². The molecular formula is C13H20N6O. The van der Waals surface area contributed by atoms with Crippen molar-refractivity contribution in [1.82, 2.24) is 20.1 Å². The lowest BCUT2D eigenvalue weighted by Crippen LogP contribution is -2.11. The van der Waals surface area contributed by atoms with Crippen molar-refractivity contribution >= 4 is 11.6 Å². The average Bonchev–Trinajstić information content (AvgIpc) is 2.86. The Kier molecular flexibility index (Phi) is 4.86. The fourth-order valence-electron chi connectivity index (χ4n) is 2.00. The summed E-state index contributed by atoms with van der Waals surface area (Å²) in [5.41, 5.74) is 1.11. The maximum absolute atomic E-state index is 5.08. The molecule has 0 aliphatic carbocycles. The van der Waals surface area contributed by atoms with Gasteiger partial charge in [-0.15, -0.1) is 0 Å². The summed E-state index contributed by atoms with van der Waals surface area (Å²) in [4.78, 5) is 12.7. The molecule has 20 heavy (non-hydrogen) atoms. The summed E-state index contributed by atoms with van der Waals surface area (Å²) >= 11 is 0. The maximum Gasteiger partial charge on any atom is 0.228 e. The molecule has 2 aromatic rings. The van der Waals surface area contributed by atoms with Crippen LogP contribution >= 0.6 is 0 Å². The van der Waals surface area contributed by atoms with Crippen LogP contribution in [-0.4, -0.2) is 33.7 Å². The van der Waals surface area contributed by atoms with Gasteiger partial charge in [-0.25, -0.2) is 9.97 Å². The highest BCUT2D eigenvalue weighted by Gasteiger charge is 2.10. The lowest BCUT2D eigenvalue weighted by Gasteiger charge is -2.12. The largest absolute Gasteiger partial charge is 0.373 e. The van der Waals surface area contributed by atoms with Crippen LogP contribution in [0.1, 0.15) is 30.6 Å². The molecule has 2 aromatic heterocycles. The third kappa shape index (κ3) is 3.43. The van der Waals surface area contributed by atoms with Crippen molar-refractivity contribution in [2.24, 2.45) is 0 Å². The SMILES string of the molecule is CCCc1c(NC)ncnc1NCCc1nc(C)no1. The van der Waals surface area contributed by atoms with E-state index in [0.29, 0.717) is 24.7 Å². The van der Waals surface area contributed by atoms with Gasteiger partial charge >= 0.3 is 0 Å². The van der Waals surface area contributed by atoms with E-state index >= 15 is 0 Å². The van der Waals surface area contributed by atoms with Crippen molar-refractivity contribution in [3.05, 3.63) is 23.6 Å². The molecule has 0 atom stereocenters. The highest BCUT2D eigenvalue weighted by atomic mass is 16.5. The second kappa shape index (κ2) is 6.83. The van der Waals surface area contributed by atoms with E-state index in [4.69, 9.17) is 4.52 Å². The molecule has 2 heterocycles. The van der Waals surface area contributed by atoms with Gasteiger partial charge in [0.05, 0.1) is 0 Å². The number of nitrogens with zero attached hydrogens (tertiary/aromatic N) is 4. The van der Waals surface area contributed by atoms with E-state index in [1.54, 1.807) is 6.33 Å². The summed E-state index contributed by atoms with van der Waals surface area (Å²) in [6, 6.07) is 0. The van der Waals surface area contributed by atoms with E-state index in [9.17, 15) is 0 Å². The van der Waals surface area contributed by atoms with Gasteiger partial charge < -0.3 is 15.2 Å². The smallest absolute Gasteiger partial charge is 0.228 e. The van der Waals surface area contributed by atoms with E-state index < -0.39 is 0 Å². The van der Waals surface area contributed by atoms with E-state index in [0.717, 1.165) is 30.0 Å². The number of rotatable bonds is 7. The molecule has 0 aliphatic rings. The van der Waals surface area contributed by atoms with Crippen LogP contribution in [-0.2, 0) is 12.8 Å². The first kappa shape index (κ1) is 14.2. The van der Waals surface area contributed by atoms with Crippen molar-refractivity contribution in [2.45, 2.75) is 33.1 Å². The second-order valence-electron chi connectivity index (χ2n) is 4.46. The van der Waals surface area contributed by atoms with E-state index in [1.165, 1.54) is 0 Å². The molecule has 0 saturated carbocycles. The zero-order valence-electron chi connectivity index (χ0n) is 12.1. The van der Waals surface area contributed by atoms with Gasteiger partial charge in [-0.2, -0.15) is 4.98 Å². The van der Waals surface area contributed by atoms with Gasteiger partial charge in [-0.05, 0) is 13.3 Å². The van der Waals surface area contributed by atoms with Crippen molar-refractivity contribution in [1.29, 1.82) is 0 Å². The molecule has 0 bridgehead atoms. The third-order valence-corrected chi connectivity index (χ3v) is 2.88. The van der Waals surface area contributed by atoms with Gasteiger partial charge in [0.1, 0.15) is 18.0 Å². The number of aryl methyl sites for hydroxylation is 1. The minimum atomic E-state index is 0.634. The Balaban J connectivity index is 2.01. The molecule has 7 nitrogen and oxygen atoms in total. The molecule has 0 unspecified atom stereocenters. The predicted molar refractivity (Wildman–Crippen MR) is 76.8 cm³/mol. The Morgan fingerprint density at radius 3 is 2.65 bits per heavy atom. The van der Waals surface area contributed by atoms with Crippen LogP contribution in [0, 0.1) is 6.92 Å². The maximum atomic E-state index is 5.08. The normalized spacial score (nSPS) is 10.6. The quantitative estimate of drug-likeness (QED) is 0.797. The van der Waals surface area contributed by atoms with Crippen molar-refractivity contribution in [3.8, 4) is 0 Å². The molecule has 0 aliphatic heterocycles. The number of hydrogen-bond donors (Lipinski definition) is 2. The van der Waals surface area contributed by atoms with Crippen LogP contribution in [0.15, 0.2) is 10.9 Å². The number of aromatic nitrogens is 4. The zero-order valence-corrected chi connectivity index (χ0v) is 12.1. The molecule has 108 valence electrons. The predicted octanol–water partition coefficient (Wildman–Crippen LogP) is 1.82. The average molecular weight is 276 g/mol. The molecule has 0 radical (unpaired) electrons. The summed E-state index contributed by atoms with van der Waals surface area (Å²) in [5.74, 6) is 3.03. The second-order valence-corrected chi connectivity index (χ2v) is 4.46. The highest BCUT2D eigenvalue weighted by Crippen LogP contribution is 2.21. The van der Waals surface area contributed by atoms with Gasteiger partial charge in [0.25, 0.3) is 0 Å². The number of hydrogen-bond acceptors (Lipinski definition) is 7. The molecule has 0 aromatic carbocycles. The fourth-order valence-corrected chi connectivity index (χ4v) is 2.00. The van der Waals surface area contributed by atoms with E-state index in [-0.39, 0.29) is 0 Å². The van der Waals surface area contributed by atoms with Crippen LogP contribution in [0.4, 0.5) is 11.6 Å². The molecule has 0 spiro atoms. The Hall–Kier alpha value is -2.18. The molecule has 2 N–H and O–H groups in total. The van der Waals surface area contributed by atoms with Gasteiger partial charge in [-0.3, -0.25) is 0 Å². The van der Waals surface area contributed by atoms with Crippen LogP contribution in [0.5, 0.6) is 0 Å². The first-order valence-electron chi connectivity index (χ1n) is 6.79. The van der Waals surface area contributed by atoms with Crippen LogP contribution in [0.2, 0.25) is 0 Å². The molecule has 2 rings (SSSR count). The van der Waals surface area contributed by atoms with Crippen molar-refractivity contribution < 1.29 is 4.52 Å². The number of nitrogens with one attached hydrogen (secondary N) is 2. The van der Waals surface area contributed by atoms with E-state index in [1.807, 2.05) is 14.0 Å². The van der Waals surface area contributed by atoms with Gasteiger partial charge in [0.15, 0.2) is 5.82 Å². The molecule has 0 saturated heterocycles. The number of anilines is 2. The molecule has 7 heteroatoms. The Bertz CT molecular complexity index is 554. The van der Waals surface area contributed by atoms with E-state index in [2.05, 4.69) is 37.7 Å². The summed E-state index contributed by atoms with van der Waals surface area (Å²) in [6.45, 7) is 4.64. The first-order chi connectivity index (χ1) is 9.74. The summed E-state index contributed by atoms with van der Waals surface area (Å²) < 4.78 is 5.08.